The van der Waals surface area contributed by atoms with Gasteiger partial charge in [0.15, 0.2) is 0 Å². The molecule has 1 fully saturated rings. The number of carbonyl (C=O) groups excluding carboxylic acids is 1. The molecule has 33 heavy (non-hydrogen) atoms. The third kappa shape index (κ3) is 4.23. The largest absolute Gasteiger partial charge is 0.481 e. The molecule has 3 aromatic heterocycles. The summed E-state index contributed by atoms with van der Waals surface area (Å²) in [5.74, 6) is 5.76. The number of aliphatic carboxylic acids is 1. The standard InChI is InChI=1S/C24H19N3O4S2/c1-14(15-5-3-2-4-6-15)31-23(30)26-21-16(13-25-27-21)7-8-17-11-18-19(32-17)12-20(33-18)24(9-10-24)22(28)29/h2-6,11-14H,9-10H2,1H3,(H,28,29)(H2,25,26,27,30). The molecule has 7 nitrogen and oxygen atoms in total. The molecule has 1 aliphatic carbocycles. The molecule has 0 radical (unpaired) electrons. The summed E-state index contributed by atoms with van der Waals surface area (Å²) < 4.78 is 7.51. The number of hydrogen-bond donors (Lipinski definition) is 3. The van der Waals surface area contributed by atoms with E-state index in [-0.39, 0.29) is 0 Å². The van der Waals surface area contributed by atoms with Gasteiger partial charge in [-0.2, -0.15) is 5.10 Å². The van der Waals surface area contributed by atoms with Crippen molar-refractivity contribution in [3.8, 4) is 11.8 Å². The number of benzene rings is 1. The molecule has 1 atom stereocenters. The third-order valence-electron chi connectivity index (χ3n) is 5.58. The van der Waals surface area contributed by atoms with Crippen molar-refractivity contribution in [2.75, 3.05) is 5.32 Å². The molecular formula is C24H19N3O4S2. The van der Waals surface area contributed by atoms with E-state index >= 15 is 0 Å². The summed E-state index contributed by atoms with van der Waals surface area (Å²) in [6.07, 6.45) is 1.94. The molecule has 3 heterocycles. The van der Waals surface area contributed by atoms with E-state index in [9.17, 15) is 14.7 Å². The number of anilines is 1. The Balaban J connectivity index is 1.27. The number of fused-ring (bicyclic) bond motifs is 1. The minimum Gasteiger partial charge on any atom is -0.481 e. The van der Waals surface area contributed by atoms with Crippen LogP contribution in [0.5, 0.6) is 0 Å². The van der Waals surface area contributed by atoms with Gasteiger partial charge < -0.3 is 9.84 Å². The van der Waals surface area contributed by atoms with E-state index in [1.807, 2.05) is 42.5 Å². The molecule has 4 aromatic rings. The zero-order chi connectivity index (χ0) is 23.0. The number of aromatic nitrogens is 2. The second kappa shape index (κ2) is 8.39. The Labute approximate surface area is 197 Å². The normalized spacial score (nSPS) is 14.8. The number of nitrogens with zero attached hydrogens (tertiary/aromatic N) is 1. The maximum Gasteiger partial charge on any atom is 0.413 e. The molecule has 0 bridgehead atoms. The van der Waals surface area contributed by atoms with E-state index in [0.717, 1.165) is 24.7 Å². The molecule has 0 aliphatic heterocycles. The van der Waals surface area contributed by atoms with Crippen LogP contribution in [-0.4, -0.2) is 27.4 Å². The van der Waals surface area contributed by atoms with Gasteiger partial charge in [-0.3, -0.25) is 15.2 Å². The fourth-order valence-corrected chi connectivity index (χ4v) is 6.00. The molecule has 9 heteroatoms. The molecule has 1 aromatic carbocycles. The highest BCUT2D eigenvalue weighted by Crippen LogP contribution is 2.52. The van der Waals surface area contributed by atoms with Gasteiger partial charge in [0.2, 0.25) is 0 Å². The third-order valence-corrected chi connectivity index (χ3v) is 7.99. The molecular weight excluding hydrogens is 458 g/mol. The average Bonchev–Trinajstić information content (AvgIpc) is 3.12. The number of rotatable bonds is 5. The van der Waals surface area contributed by atoms with E-state index in [4.69, 9.17) is 4.74 Å². The van der Waals surface area contributed by atoms with Crippen molar-refractivity contribution >= 4 is 50.0 Å². The van der Waals surface area contributed by atoms with Gasteiger partial charge in [0.05, 0.1) is 16.6 Å². The zero-order valence-electron chi connectivity index (χ0n) is 17.5. The average molecular weight is 478 g/mol. The number of carboxylic acids is 1. The van der Waals surface area contributed by atoms with Crippen LogP contribution in [0.1, 0.15) is 46.8 Å². The zero-order valence-corrected chi connectivity index (χ0v) is 19.2. The molecule has 1 amide bonds. The Bertz CT molecular complexity index is 1370. The SMILES string of the molecule is CC(OC(=O)Nc1[nH]ncc1C#Cc1cc2sc(C3(C(=O)O)CC3)cc2s1)c1ccccc1. The van der Waals surface area contributed by atoms with Gasteiger partial charge >= 0.3 is 12.1 Å². The monoisotopic (exact) mass is 477 g/mol. The lowest BCUT2D eigenvalue weighted by Gasteiger charge is -2.13. The number of carboxylic acid groups (broad SMARTS) is 1. The quantitative estimate of drug-likeness (QED) is 0.329. The molecule has 1 unspecified atom stereocenters. The van der Waals surface area contributed by atoms with Crippen LogP contribution in [0.2, 0.25) is 0 Å². The predicted octanol–water partition coefficient (Wildman–Crippen LogP) is 5.51. The number of carbonyl (C=O) groups is 2. The molecule has 166 valence electrons. The number of nitrogens with one attached hydrogen (secondary N) is 2. The molecule has 5 rings (SSSR count). The van der Waals surface area contributed by atoms with Gasteiger partial charge in [0.1, 0.15) is 17.3 Å². The van der Waals surface area contributed by atoms with Crippen LogP contribution >= 0.6 is 22.7 Å². The Hall–Kier alpha value is -3.61. The van der Waals surface area contributed by atoms with Gasteiger partial charge in [-0.05, 0) is 37.5 Å². The lowest BCUT2D eigenvalue weighted by Crippen LogP contribution is -2.17. The molecule has 0 spiro atoms. The second-order valence-corrected chi connectivity index (χ2v) is 10.00. The lowest BCUT2D eigenvalue weighted by molar-refractivity contribution is -0.139. The topological polar surface area (TPSA) is 104 Å². The van der Waals surface area contributed by atoms with Crippen LogP contribution in [0.3, 0.4) is 0 Å². The van der Waals surface area contributed by atoms with Gasteiger partial charge in [0.25, 0.3) is 0 Å². The summed E-state index contributed by atoms with van der Waals surface area (Å²) in [6.45, 7) is 1.80. The summed E-state index contributed by atoms with van der Waals surface area (Å²) in [5, 5.41) is 18.9. The molecule has 1 saturated carbocycles. The van der Waals surface area contributed by atoms with Crippen molar-refractivity contribution in [3.63, 3.8) is 0 Å². The van der Waals surface area contributed by atoms with Crippen molar-refractivity contribution < 1.29 is 19.4 Å². The van der Waals surface area contributed by atoms with Crippen molar-refractivity contribution in [1.82, 2.24) is 10.2 Å². The van der Waals surface area contributed by atoms with Crippen molar-refractivity contribution in [1.29, 1.82) is 0 Å². The van der Waals surface area contributed by atoms with Crippen LogP contribution in [0.15, 0.2) is 48.7 Å². The summed E-state index contributed by atoms with van der Waals surface area (Å²) in [5.41, 5.74) is 0.757. The number of ether oxygens (including phenoxy) is 1. The van der Waals surface area contributed by atoms with E-state index in [1.54, 1.807) is 13.1 Å². The first-order valence-corrected chi connectivity index (χ1v) is 11.9. The van der Waals surface area contributed by atoms with Crippen molar-refractivity contribution in [2.24, 2.45) is 0 Å². The van der Waals surface area contributed by atoms with Gasteiger partial charge in [-0.1, -0.05) is 42.2 Å². The Morgan fingerprint density at radius 3 is 2.64 bits per heavy atom. The van der Waals surface area contributed by atoms with E-state index in [0.29, 0.717) is 24.2 Å². The minimum atomic E-state index is -0.743. The number of amides is 1. The lowest BCUT2D eigenvalue weighted by atomic mass is 10.1. The smallest absolute Gasteiger partial charge is 0.413 e. The van der Waals surface area contributed by atoms with Crippen LogP contribution in [0.25, 0.3) is 9.40 Å². The molecule has 3 N–H and O–H groups in total. The minimum absolute atomic E-state index is 0.366. The van der Waals surface area contributed by atoms with Crippen LogP contribution < -0.4 is 5.32 Å². The van der Waals surface area contributed by atoms with Crippen LogP contribution in [0.4, 0.5) is 10.6 Å². The summed E-state index contributed by atoms with van der Waals surface area (Å²) >= 11 is 3.05. The second-order valence-electron chi connectivity index (χ2n) is 7.83. The highest BCUT2D eigenvalue weighted by atomic mass is 32.1. The Morgan fingerprint density at radius 2 is 1.94 bits per heavy atom. The molecule has 0 saturated heterocycles. The maximum atomic E-state index is 12.3. The van der Waals surface area contributed by atoms with E-state index in [2.05, 4.69) is 27.4 Å². The fraction of sp³-hybridized carbons (Fsp3) is 0.208. The van der Waals surface area contributed by atoms with Gasteiger partial charge in [0, 0.05) is 14.3 Å². The maximum absolute atomic E-state index is 12.3. The summed E-state index contributed by atoms with van der Waals surface area (Å²) in [7, 11) is 0. The predicted molar refractivity (Wildman–Crippen MR) is 128 cm³/mol. The number of aromatic amines is 1. The highest BCUT2D eigenvalue weighted by molar-refractivity contribution is 7.28. The first-order valence-electron chi connectivity index (χ1n) is 10.3. The summed E-state index contributed by atoms with van der Waals surface area (Å²) in [6, 6.07) is 13.4. The van der Waals surface area contributed by atoms with Crippen LogP contribution in [-0.2, 0) is 14.9 Å². The van der Waals surface area contributed by atoms with Crippen molar-refractivity contribution in [2.45, 2.75) is 31.3 Å². The van der Waals surface area contributed by atoms with Crippen molar-refractivity contribution in [3.05, 3.63) is 69.5 Å². The highest BCUT2D eigenvalue weighted by Gasteiger charge is 2.53. The Kier molecular flexibility index (Phi) is 5.40. The number of thiophene rings is 2. The Morgan fingerprint density at radius 1 is 1.18 bits per heavy atom. The van der Waals surface area contributed by atoms with Gasteiger partial charge in [-0.15, -0.1) is 22.7 Å². The molecule has 1 aliphatic rings. The number of hydrogen-bond acceptors (Lipinski definition) is 6. The van der Waals surface area contributed by atoms with E-state index < -0.39 is 23.6 Å². The fourth-order valence-electron chi connectivity index (χ4n) is 3.51. The summed E-state index contributed by atoms with van der Waals surface area (Å²) in [4.78, 5) is 25.6. The van der Waals surface area contributed by atoms with Crippen LogP contribution in [0, 0.1) is 11.8 Å². The van der Waals surface area contributed by atoms with E-state index in [1.165, 1.54) is 22.7 Å². The first-order chi connectivity index (χ1) is 15.9. The van der Waals surface area contributed by atoms with Gasteiger partial charge in [-0.25, -0.2) is 4.79 Å². The first kappa shape index (κ1) is 21.2. The number of H-pyrrole nitrogens is 1.